The number of hydrogen-bond donors (Lipinski definition) is 0. The van der Waals surface area contributed by atoms with E-state index in [1.165, 1.54) is 289 Å². The van der Waals surface area contributed by atoms with Crippen LogP contribution in [0.2, 0.25) is 0 Å². The molecule has 6 heteroatoms. The molecule has 0 aliphatic rings. The summed E-state index contributed by atoms with van der Waals surface area (Å²) in [4.78, 5) is 38.3. The average Bonchev–Trinajstić information content (AvgIpc) is 3.41. The van der Waals surface area contributed by atoms with Crippen molar-refractivity contribution in [2.75, 3.05) is 13.2 Å². The van der Waals surface area contributed by atoms with E-state index in [2.05, 4.69) is 32.9 Å². The molecule has 1 unspecified atom stereocenters. The largest absolute Gasteiger partial charge is 0.462 e. The zero-order valence-electron chi connectivity index (χ0n) is 51.1. The van der Waals surface area contributed by atoms with Crippen LogP contribution >= 0.6 is 0 Å². The molecular weight excluding hydrogens is 925 g/mol. The number of unbranched alkanes of at least 4 members (excludes halogenated alkanes) is 51. The first kappa shape index (κ1) is 73.2. The summed E-state index contributed by atoms with van der Waals surface area (Å²) in [6.45, 7) is 6.70. The molecule has 0 fully saturated rings. The molecule has 0 saturated heterocycles. The monoisotopic (exact) mass is 1060 g/mol. The molecule has 0 amide bonds. The third-order valence-electron chi connectivity index (χ3n) is 15.8. The minimum Gasteiger partial charge on any atom is -0.462 e. The average molecular weight is 1060 g/mol. The van der Waals surface area contributed by atoms with Gasteiger partial charge in [0.1, 0.15) is 13.2 Å². The van der Waals surface area contributed by atoms with Gasteiger partial charge < -0.3 is 14.2 Å². The molecule has 0 saturated carbocycles. The molecule has 0 radical (unpaired) electrons. The first-order valence-corrected chi connectivity index (χ1v) is 34.2. The lowest BCUT2D eigenvalue weighted by atomic mass is 10.0. The summed E-state index contributed by atoms with van der Waals surface area (Å²) in [6, 6.07) is 0. The van der Waals surface area contributed by atoms with E-state index < -0.39 is 6.10 Å². The van der Waals surface area contributed by atoms with Crippen molar-refractivity contribution in [1.82, 2.24) is 0 Å². The predicted molar refractivity (Wildman–Crippen MR) is 326 cm³/mol. The van der Waals surface area contributed by atoms with Crippen molar-refractivity contribution in [3.63, 3.8) is 0 Å². The van der Waals surface area contributed by atoms with E-state index in [-0.39, 0.29) is 31.1 Å². The first-order valence-electron chi connectivity index (χ1n) is 34.2. The van der Waals surface area contributed by atoms with Crippen molar-refractivity contribution < 1.29 is 28.6 Å². The Balaban J connectivity index is 4.15. The highest BCUT2D eigenvalue weighted by Crippen LogP contribution is 2.19. The fraction of sp³-hybridized carbons (Fsp3) is 0.928. The Labute approximate surface area is 469 Å². The lowest BCUT2D eigenvalue weighted by Gasteiger charge is -2.18. The van der Waals surface area contributed by atoms with Gasteiger partial charge in [0.25, 0.3) is 0 Å². The van der Waals surface area contributed by atoms with Crippen molar-refractivity contribution in [1.29, 1.82) is 0 Å². The lowest BCUT2D eigenvalue weighted by molar-refractivity contribution is -0.167. The maximum Gasteiger partial charge on any atom is 0.306 e. The third kappa shape index (κ3) is 62.9. The number of hydrogen-bond acceptors (Lipinski definition) is 6. The van der Waals surface area contributed by atoms with Crippen LogP contribution < -0.4 is 0 Å². The Morgan fingerprint density at radius 3 is 0.667 bits per heavy atom. The Morgan fingerprint density at radius 1 is 0.253 bits per heavy atom. The normalized spacial score (nSPS) is 12.0. The van der Waals surface area contributed by atoms with Gasteiger partial charge in [-0.15, -0.1) is 0 Å². The van der Waals surface area contributed by atoms with Gasteiger partial charge in [-0.1, -0.05) is 341 Å². The van der Waals surface area contributed by atoms with Gasteiger partial charge in [0.05, 0.1) is 0 Å². The highest BCUT2D eigenvalue weighted by atomic mass is 16.6. The molecule has 0 bridgehead atoms. The first-order chi connectivity index (χ1) is 37.0. The van der Waals surface area contributed by atoms with Gasteiger partial charge in [-0.25, -0.2) is 0 Å². The van der Waals surface area contributed by atoms with Crippen molar-refractivity contribution in [2.45, 2.75) is 399 Å². The summed E-state index contributed by atoms with van der Waals surface area (Å²) < 4.78 is 17.0. The molecule has 0 aromatic carbocycles. The molecule has 0 N–H and O–H groups in total. The summed E-state index contributed by atoms with van der Waals surface area (Å²) in [5.74, 6) is -0.843. The number of ether oxygens (including phenoxy) is 3. The quantitative estimate of drug-likeness (QED) is 0.0261. The molecule has 0 aliphatic carbocycles. The second kappa shape index (κ2) is 64.7. The standard InChI is InChI=1S/C69H132O6/c1-4-7-10-13-16-19-22-25-28-29-30-31-32-33-34-35-36-37-38-39-40-42-44-47-50-53-56-59-62-68(71)74-65-66(64-73-67(70)61-58-55-52-49-46-43-27-24-21-18-15-12-9-6-3)75-69(72)63-60-57-54-51-48-45-41-26-23-20-17-14-11-8-5-2/h24,27,66H,4-23,25-26,28-65H2,1-3H3/b27-24-. The molecule has 0 spiro atoms. The second-order valence-electron chi connectivity index (χ2n) is 23.5. The molecule has 444 valence electrons. The third-order valence-corrected chi connectivity index (χ3v) is 15.8. The van der Waals surface area contributed by atoms with Crippen molar-refractivity contribution in [3.8, 4) is 0 Å². The van der Waals surface area contributed by atoms with E-state index in [1.54, 1.807) is 0 Å². The fourth-order valence-electron chi connectivity index (χ4n) is 10.6. The summed E-state index contributed by atoms with van der Waals surface area (Å²) in [6.07, 6.45) is 76.7. The van der Waals surface area contributed by atoms with Crippen LogP contribution in [0.1, 0.15) is 393 Å². The molecule has 0 rings (SSSR count). The molecule has 0 aromatic heterocycles. The summed E-state index contributed by atoms with van der Waals surface area (Å²) in [5.41, 5.74) is 0. The summed E-state index contributed by atoms with van der Waals surface area (Å²) in [7, 11) is 0. The van der Waals surface area contributed by atoms with Crippen LogP contribution in [0.25, 0.3) is 0 Å². The Kier molecular flexibility index (Phi) is 63.1. The number of allylic oxidation sites excluding steroid dienone is 2. The molecule has 6 nitrogen and oxygen atoms in total. The van der Waals surface area contributed by atoms with E-state index in [9.17, 15) is 14.4 Å². The molecule has 0 aromatic rings. The highest BCUT2D eigenvalue weighted by molar-refractivity contribution is 5.71. The van der Waals surface area contributed by atoms with E-state index in [4.69, 9.17) is 14.2 Å². The van der Waals surface area contributed by atoms with Gasteiger partial charge >= 0.3 is 17.9 Å². The van der Waals surface area contributed by atoms with Gasteiger partial charge in [0, 0.05) is 19.3 Å². The minimum atomic E-state index is -0.769. The van der Waals surface area contributed by atoms with Crippen LogP contribution in [-0.2, 0) is 28.6 Å². The Bertz CT molecular complexity index is 1170. The van der Waals surface area contributed by atoms with E-state index >= 15 is 0 Å². The van der Waals surface area contributed by atoms with Gasteiger partial charge in [-0.05, 0) is 44.9 Å². The number of esters is 3. The number of carbonyl (C=O) groups excluding carboxylic acids is 3. The van der Waals surface area contributed by atoms with Crippen LogP contribution in [0.5, 0.6) is 0 Å². The SMILES string of the molecule is CCCCCCC/C=C\CCCCCCCC(=O)OCC(COC(=O)CCCCCCCCCCCCCCCCCCCCCCCCCCCCCC)OC(=O)CCCCCCCCCCCCCCCCC. The second-order valence-corrected chi connectivity index (χ2v) is 23.5. The Morgan fingerprint density at radius 2 is 0.440 bits per heavy atom. The zero-order valence-corrected chi connectivity index (χ0v) is 51.1. The van der Waals surface area contributed by atoms with Gasteiger partial charge in [-0.2, -0.15) is 0 Å². The van der Waals surface area contributed by atoms with Gasteiger partial charge in [0.15, 0.2) is 6.10 Å². The van der Waals surface area contributed by atoms with Crippen LogP contribution in [-0.4, -0.2) is 37.2 Å². The van der Waals surface area contributed by atoms with E-state index in [0.29, 0.717) is 19.3 Å². The smallest absolute Gasteiger partial charge is 0.306 e. The fourth-order valence-corrected chi connectivity index (χ4v) is 10.6. The molecule has 0 heterocycles. The molecule has 75 heavy (non-hydrogen) atoms. The Hall–Kier alpha value is -1.85. The van der Waals surface area contributed by atoms with Gasteiger partial charge in [0.2, 0.25) is 0 Å². The van der Waals surface area contributed by atoms with Crippen molar-refractivity contribution in [2.24, 2.45) is 0 Å². The van der Waals surface area contributed by atoms with Crippen molar-refractivity contribution >= 4 is 17.9 Å². The highest BCUT2D eigenvalue weighted by Gasteiger charge is 2.19. The summed E-state index contributed by atoms with van der Waals surface area (Å²) in [5, 5.41) is 0. The van der Waals surface area contributed by atoms with E-state index in [0.717, 1.165) is 64.2 Å². The van der Waals surface area contributed by atoms with Crippen LogP contribution in [0.3, 0.4) is 0 Å². The lowest BCUT2D eigenvalue weighted by Crippen LogP contribution is -2.30. The zero-order chi connectivity index (χ0) is 54.3. The molecule has 1 atom stereocenters. The molecular formula is C69H132O6. The van der Waals surface area contributed by atoms with E-state index in [1.807, 2.05) is 0 Å². The van der Waals surface area contributed by atoms with Crippen LogP contribution in [0.15, 0.2) is 12.2 Å². The predicted octanol–water partition coefficient (Wildman–Crippen LogP) is 23.2. The maximum absolute atomic E-state index is 12.9. The van der Waals surface area contributed by atoms with Crippen LogP contribution in [0, 0.1) is 0 Å². The number of rotatable bonds is 64. The summed E-state index contributed by atoms with van der Waals surface area (Å²) >= 11 is 0. The minimum absolute atomic E-state index is 0.0659. The van der Waals surface area contributed by atoms with Crippen LogP contribution in [0.4, 0.5) is 0 Å². The van der Waals surface area contributed by atoms with Gasteiger partial charge in [-0.3, -0.25) is 14.4 Å². The maximum atomic E-state index is 12.9. The molecule has 0 aliphatic heterocycles. The number of carbonyl (C=O) groups is 3. The van der Waals surface area contributed by atoms with Crippen molar-refractivity contribution in [3.05, 3.63) is 12.2 Å². The topological polar surface area (TPSA) is 78.9 Å².